The van der Waals surface area contributed by atoms with Crippen molar-refractivity contribution in [3.05, 3.63) is 22.4 Å². The van der Waals surface area contributed by atoms with E-state index in [1.54, 1.807) is 33.2 Å². The Morgan fingerprint density at radius 1 is 1.44 bits per heavy atom. The van der Waals surface area contributed by atoms with Crippen LogP contribution in [0.5, 0.6) is 5.75 Å². The number of carbonyl (C=O) groups is 1. The molecule has 16 heavy (non-hydrogen) atoms. The maximum atomic E-state index is 11.5. The summed E-state index contributed by atoms with van der Waals surface area (Å²) < 4.78 is 5.38. The Bertz CT molecular complexity index is 396. The molecule has 1 atom stereocenters. The van der Waals surface area contributed by atoms with E-state index in [2.05, 4.69) is 4.98 Å². The lowest BCUT2D eigenvalue weighted by Crippen LogP contribution is -2.35. The number of ether oxygens (including phenoxy) is 1. The Morgan fingerprint density at radius 3 is 2.56 bits per heavy atom. The summed E-state index contributed by atoms with van der Waals surface area (Å²) in [4.78, 5) is 16.8. The van der Waals surface area contributed by atoms with Crippen molar-refractivity contribution in [1.82, 2.24) is 9.88 Å². The highest BCUT2D eigenvalue weighted by atomic mass is 35.5. The number of hydrogen-bond acceptors (Lipinski definition) is 3. The molecule has 0 aliphatic heterocycles. The lowest BCUT2D eigenvalue weighted by molar-refractivity contribution is -0.135. The number of aromatic nitrogens is 1. The molecule has 6 heteroatoms. The van der Waals surface area contributed by atoms with Crippen LogP contribution in [0, 0.1) is 0 Å². The van der Waals surface area contributed by atoms with E-state index in [1.165, 1.54) is 4.90 Å². The van der Waals surface area contributed by atoms with Gasteiger partial charge in [0.05, 0.1) is 0 Å². The molecule has 0 spiro atoms. The van der Waals surface area contributed by atoms with Gasteiger partial charge in [-0.05, 0) is 19.1 Å². The summed E-state index contributed by atoms with van der Waals surface area (Å²) in [5, 5.41) is 0.426. The lowest BCUT2D eigenvalue weighted by atomic mass is 10.3. The number of rotatable bonds is 3. The Labute approximate surface area is 104 Å². The zero-order chi connectivity index (χ0) is 12.3. The monoisotopic (exact) mass is 262 g/mol. The van der Waals surface area contributed by atoms with Gasteiger partial charge >= 0.3 is 0 Å². The summed E-state index contributed by atoms with van der Waals surface area (Å²) in [6, 6.07) is 3.13. The highest BCUT2D eigenvalue weighted by Gasteiger charge is 2.18. The number of halogens is 2. The minimum absolute atomic E-state index is 0.144. The van der Waals surface area contributed by atoms with Crippen molar-refractivity contribution in [1.29, 1.82) is 0 Å². The van der Waals surface area contributed by atoms with Gasteiger partial charge in [0.1, 0.15) is 5.15 Å². The molecule has 4 nitrogen and oxygen atoms in total. The first-order chi connectivity index (χ1) is 7.41. The molecule has 1 aromatic heterocycles. The summed E-state index contributed by atoms with van der Waals surface area (Å²) in [7, 11) is 3.31. The third-order valence-corrected chi connectivity index (χ3v) is 2.35. The number of pyridine rings is 1. The minimum atomic E-state index is -0.615. The summed E-state index contributed by atoms with van der Waals surface area (Å²) in [6.45, 7) is 1.65. The molecule has 1 rings (SSSR count). The van der Waals surface area contributed by atoms with Crippen LogP contribution in [0.15, 0.2) is 12.1 Å². The van der Waals surface area contributed by atoms with Crippen LogP contribution in [0.4, 0.5) is 0 Å². The average molecular weight is 263 g/mol. The van der Waals surface area contributed by atoms with Gasteiger partial charge in [0.2, 0.25) is 0 Å². The Hall–Kier alpha value is -1.00. The minimum Gasteiger partial charge on any atom is -0.478 e. The van der Waals surface area contributed by atoms with Gasteiger partial charge < -0.3 is 9.64 Å². The van der Waals surface area contributed by atoms with E-state index in [4.69, 9.17) is 27.9 Å². The maximum absolute atomic E-state index is 11.5. The van der Waals surface area contributed by atoms with E-state index < -0.39 is 6.10 Å². The number of likely N-dealkylation sites (N-methyl/N-ethyl adjacent to an activating group) is 1. The molecular weight excluding hydrogens is 251 g/mol. The van der Waals surface area contributed by atoms with Gasteiger partial charge in [0, 0.05) is 14.1 Å². The third kappa shape index (κ3) is 3.25. The van der Waals surface area contributed by atoms with E-state index in [1.807, 2.05) is 0 Å². The first kappa shape index (κ1) is 13.1. The van der Waals surface area contributed by atoms with Crippen molar-refractivity contribution in [3.8, 4) is 5.75 Å². The summed E-state index contributed by atoms with van der Waals surface area (Å²) in [5.74, 6) is 0.194. The van der Waals surface area contributed by atoms with Crippen molar-refractivity contribution in [2.75, 3.05) is 14.1 Å². The Kier molecular flexibility index (Phi) is 4.38. The number of hydrogen-bond donors (Lipinski definition) is 0. The molecule has 1 aromatic rings. The van der Waals surface area contributed by atoms with Gasteiger partial charge in [-0.15, -0.1) is 0 Å². The molecule has 0 fully saturated rings. The predicted molar refractivity (Wildman–Crippen MR) is 63.0 cm³/mol. The van der Waals surface area contributed by atoms with Crippen LogP contribution in [0.25, 0.3) is 0 Å². The third-order valence-electron chi connectivity index (χ3n) is 1.87. The van der Waals surface area contributed by atoms with E-state index >= 15 is 0 Å². The van der Waals surface area contributed by atoms with Gasteiger partial charge in [-0.3, -0.25) is 4.79 Å². The van der Waals surface area contributed by atoms with Crippen LogP contribution in [0.1, 0.15) is 6.92 Å². The second-order valence-corrected chi connectivity index (χ2v) is 4.16. The average Bonchev–Trinajstić information content (AvgIpc) is 2.20. The fourth-order valence-corrected chi connectivity index (χ4v) is 1.48. The molecule has 0 radical (unpaired) electrons. The standard InChI is InChI=1S/C10H12Cl2N2O2/c1-6(10(15)14(2)3)16-7-4-5-8(11)13-9(7)12/h4-6H,1-3H3. The summed E-state index contributed by atoms with van der Waals surface area (Å²) in [6.07, 6.45) is -0.615. The SMILES string of the molecule is CC(Oc1ccc(Cl)nc1Cl)C(=O)N(C)C. The molecule has 1 amide bonds. The van der Waals surface area contributed by atoms with Gasteiger partial charge in [-0.25, -0.2) is 4.98 Å². The van der Waals surface area contributed by atoms with E-state index in [-0.39, 0.29) is 16.2 Å². The molecule has 1 unspecified atom stereocenters. The van der Waals surface area contributed by atoms with E-state index in [9.17, 15) is 4.79 Å². The summed E-state index contributed by atoms with van der Waals surface area (Å²) >= 11 is 11.5. The van der Waals surface area contributed by atoms with Crippen molar-refractivity contribution >= 4 is 29.1 Å². The van der Waals surface area contributed by atoms with Gasteiger partial charge in [-0.2, -0.15) is 0 Å². The van der Waals surface area contributed by atoms with Crippen molar-refractivity contribution in [2.45, 2.75) is 13.0 Å². The fraction of sp³-hybridized carbons (Fsp3) is 0.400. The van der Waals surface area contributed by atoms with Gasteiger partial charge in [0.15, 0.2) is 17.0 Å². The highest BCUT2D eigenvalue weighted by Crippen LogP contribution is 2.25. The van der Waals surface area contributed by atoms with Crippen LogP contribution < -0.4 is 4.74 Å². The van der Waals surface area contributed by atoms with Crippen LogP contribution >= 0.6 is 23.2 Å². The largest absolute Gasteiger partial charge is 0.478 e. The van der Waals surface area contributed by atoms with Crippen molar-refractivity contribution in [2.24, 2.45) is 0 Å². The maximum Gasteiger partial charge on any atom is 0.262 e. The zero-order valence-electron chi connectivity index (χ0n) is 9.20. The molecule has 0 N–H and O–H groups in total. The smallest absolute Gasteiger partial charge is 0.262 e. The highest BCUT2D eigenvalue weighted by molar-refractivity contribution is 6.33. The van der Waals surface area contributed by atoms with Crippen LogP contribution in [-0.2, 0) is 4.79 Å². The van der Waals surface area contributed by atoms with Crippen LogP contribution in [0.2, 0.25) is 10.3 Å². The van der Waals surface area contributed by atoms with E-state index in [0.29, 0.717) is 5.75 Å². The Morgan fingerprint density at radius 2 is 2.06 bits per heavy atom. The molecule has 1 heterocycles. The zero-order valence-corrected chi connectivity index (χ0v) is 10.7. The topological polar surface area (TPSA) is 42.4 Å². The first-order valence-corrected chi connectivity index (χ1v) is 5.37. The Balaban J connectivity index is 2.77. The van der Waals surface area contributed by atoms with Crippen molar-refractivity contribution < 1.29 is 9.53 Å². The van der Waals surface area contributed by atoms with E-state index in [0.717, 1.165) is 0 Å². The molecule has 88 valence electrons. The number of amides is 1. The lowest BCUT2D eigenvalue weighted by Gasteiger charge is -2.18. The molecule has 0 aliphatic rings. The summed E-state index contributed by atoms with van der Waals surface area (Å²) in [5.41, 5.74) is 0. The van der Waals surface area contributed by atoms with Crippen LogP contribution in [0.3, 0.4) is 0 Å². The van der Waals surface area contributed by atoms with Gasteiger partial charge in [-0.1, -0.05) is 23.2 Å². The molecule has 0 bridgehead atoms. The molecule has 0 aliphatic carbocycles. The number of carbonyl (C=O) groups excluding carboxylic acids is 1. The molecule has 0 aromatic carbocycles. The second kappa shape index (κ2) is 5.37. The number of nitrogens with zero attached hydrogens (tertiary/aromatic N) is 2. The fourth-order valence-electron chi connectivity index (χ4n) is 1.09. The van der Waals surface area contributed by atoms with Gasteiger partial charge in [0.25, 0.3) is 5.91 Å². The van der Waals surface area contributed by atoms with Crippen LogP contribution in [-0.4, -0.2) is 36.0 Å². The predicted octanol–water partition coefficient (Wildman–Crippen LogP) is 2.24. The molecule has 0 saturated carbocycles. The molecular formula is C10H12Cl2N2O2. The normalized spacial score (nSPS) is 12.1. The van der Waals surface area contributed by atoms with Crippen molar-refractivity contribution in [3.63, 3.8) is 0 Å². The quantitative estimate of drug-likeness (QED) is 0.785. The second-order valence-electron chi connectivity index (χ2n) is 3.42. The first-order valence-electron chi connectivity index (χ1n) is 4.61. The molecule has 0 saturated heterocycles.